The molecule has 0 saturated carbocycles. The third-order valence-corrected chi connectivity index (χ3v) is 2.33. The minimum atomic E-state index is -1.02. The van der Waals surface area contributed by atoms with Gasteiger partial charge in [-0.05, 0) is 11.0 Å². The number of hydrogen-bond acceptors (Lipinski definition) is 2. The molecule has 1 aromatic carbocycles. The molecule has 0 atom stereocenters. The zero-order valence-corrected chi connectivity index (χ0v) is 7.71. The Bertz CT molecular complexity index is 406. The van der Waals surface area contributed by atoms with E-state index in [1.807, 2.05) is 31.1 Å². The third kappa shape index (κ3) is 1.27. The van der Waals surface area contributed by atoms with Gasteiger partial charge >= 0.3 is 12.9 Å². The molecule has 0 aliphatic carbocycles. The maximum absolute atomic E-state index is 10.8. The fraction of sp³-hybridized carbons (Fsp3) is 0.111. The Labute approximate surface area is 81.9 Å². The number of benzene rings is 1. The van der Waals surface area contributed by atoms with E-state index in [1.54, 1.807) is 6.21 Å². The summed E-state index contributed by atoms with van der Waals surface area (Å²) in [6, 6.07) is 7.65. The Morgan fingerprint density at radius 3 is 2.93 bits per heavy atom. The highest BCUT2D eigenvalue weighted by Crippen LogP contribution is 2.06. The van der Waals surface area contributed by atoms with Crippen molar-refractivity contribution in [1.82, 2.24) is 4.92 Å². The molecule has 0 bridgehead atoms. The van der Waals surface area contributed by atoms with Crippen molar-refractivity contribution in [3.63, 3.8) is 0 Å². The van der Waals surface area contributed by atoms with Crippen LogP contribution in [-0.4, -0.2) is 29.2 Å². The van der Waals surface area contributed by atoms with E-state index in [1.165, 1.54) is 0 Å². The number of fused-ring (bicyclic) bond motifs is 1. The van der Waals surface area contributed by atoms with Gasteiger partial charge in [-0.3, -0.25) is 0 Å². The van der Waals surface area contributed by atoms with Crippen molar-refractivity contribution < 1.29 is 9.90 Å². The van der Waals surface area contributed by atoms with Crippen molar-refractivity contribution in [2.45, 2.75) is 6.82 Å². The molecule has 5 heteroatoms. The molecule has 1 amide bonds. The van der Waals surface area contributed by atoms with Crippen LogP contribution in [0.15, 0.2) is 29.4 Å². The van der Waals surface area contributed by atoms with Crippen molar-refractivity contribution in [1.29, 1.82) is 0 Å². The first-order valence-electron chi connectivity index (χ1n) is 4.35. The van der Waals surface area contributed by atoms with E-state index in [9.17, 15) is 4.79 Å². The van der Waals surface area contributed by atoms with Gasteiger partial charge in [-0.25, -0.2) is 9.71 Å². The van der Waals surface area contributed by atoms with Crippen LogP contribution in [-0.2, 0) is 0 Å². The monoisotopic (exact) mass is 188 g/mol. The third-order valence-electron chi connectivity index (χ3n) is 2.33. The van der Waals surface area contributed by atoms with Gasteiger partial charge in [0.05, 0.1) is 6.21 Å². The summed E-state index contributed by atoms with van der Waals surface area (Å²) in [6.07, 6.45) is 0.548. The van der Waals surface area contributed by atoms with Crippen LogP contribution >= 0.6 is 0 Å². The van der Waals surface area contributed by atoms with Gasteiger partial charge in [-0.1, -0.05) is 31.1 Å². The molecule has 0 fully saturated rings. The predicted octanol–water partition coefficient (Wildman–Crippen LogP) is 0.842. The largest absolute Gasteiger partial charge is 0.464 e. The molecule has 1 N–H and O–H groups in total. The normalized spacial score (nSPS) is 14.1. The molecular weight excluding hydrogens is 179 g/mol. The lowest BCUT2D eigenvalue weighted by Gasteiger charge is -2.24. The minimum Gasteiger partial charge on any atom is -0.464 e. The quantitative estimate of drug-likeness (QED) is 0.613. The standard InChI is InChI=1S/C9H9BN2O2/c1-10-8-5-3-2-4-7(8)6-11-12(10)9(13)14/h2-6H,1H3,(H,13,14). The Balaban J connectivity index is 2.44. The topological polar surface area (TPSA) is 52.9 Å². The summed E-state index contributed by atoms with van der Waals surface area (Å²) in [4.78, 5) is 11.8. The molecule has 1 aromatic rings. The fourth-order valence-electron chi connectivity index (χ4n) is 1.58. The van der Waals surface area contributed by atoms with Gasteiger partial charge in [0.2, 0.25) is 0 Å². The first-order chi connectivity index (χ1) is 6.70. The number of rotatable bonds is 0. The van der Waals surface area contributed by atoms with E-state index in [-0.39, 0.29) is 6.85 Å². The molecule has 0 radical (unpaired) electrons. The molecule has 70 valence electrons. The average Bonchev–Trinajstić information content (AvgIpc) is 2.18. The van der Waals surface area contributed by atoms with Crippen LogP contribution in [0.25, 0.3) is 0 Å². The number of hydrogen-bond donors (Lipinski definition) is 1. The zero-order valence-electron chi connectivity index (χ0n) is 7.71. The summed E-state index contributed by atoms with van der Waals surface area (Å²) >= 11 is 0. The van der Waals surface area contributed by atoms with Gasteiger partial charge in [-0.15, -0.1) is 0 Å². The number of nitrogens with zero attached hydrogens (tertiary/aromatic N) is 2. The van der Waals surface area contributed by atoms with Crippen LogP contribution in [0, 0.1) is 0 Å². The van der Waals surface area contributed by atoms with Crippen molar-refractivity contribution in [2.24, 2.45) is 5.10 Å². The second-order valence-corrected chi connectivity index (χ2v) is 3.18. The summed E-state index contributed by atoms with van der Waals surface area (Å²) in [5, 5.41) is 12.7. The molecule has 2 rings (SSSR count). The van der Waals surface area contributed by atoms with Gasteiger partial charge in [0, 0.05) is 0 Å². The average molecular weight is 188 g/mol. The van der Waals surface area contributed by atoms with Crippen molar-refractivity contribution in [2.75, 3.05) is 0 Å². The van der Waals surface area contributed by atoms with E-state index >= 15 is 0 Å². The molecular formula is C9H9BN2O2. The van der Waals surface area contributed by atoms with Gasteiger partial charge in [0.15, 0.2) is 0 Å². The second-order valence-electron chi connectivity index (χ2n) is 3.18. The molecule has 1 heterocycles. The lowest BCUT2D eigenvalue weighted by molar-refractivity contribution is 0.172. The summed E-state index contributed by atoms with van der Waals surface area (Å²) in [6.45, 7) is 1.61. The summed E-state index contributed by atoms with van der Waals surface area (Å²) < 4.78 is 0. The molecule has 0 aromatic heterocycles. The minimum absolute atomic E-state index is 0.214. The van der Waals surface area contributed by atoms with E-state index in [2.05, 4.69) is 5.10 Å². The Morgan fingerprint density at radius 2 is 2.21 bits per heavy atom. The molecule has 1 aliphatic rings. The van der Waals surface area contributed by atoms with E-state index in [0.717, 1.165) is 15.9 Å². The van der Waals surface area contributed by atoms with Crippen LogP contribution < -0.4 is 5.46 Å². The highest BCUT2D eigenvalue weighted by atomic mass is 16.4. The molecule has 4 nitrogen and oxygen atoms in total. The highest BCUT2D eigenvalue weighted by Gasteiger charge is 2.28. The van der Waals surface area contributed by atoms with Gasteiger partial charge in [0.25, 0.3) is 0 Å². The van der Waals surface area contributed by atoms with Crippen LogP contribution in [0.2, 0.25) is 6.82 Å². The molecule has 0 unspecified atom stereocenters. The Morgan fingerprint density at radius 1 is 1.50 bits per heavy atom. The van der Waals surface area contributed by atoms with Crippen LogP contribution in [0.5, 0.6) is 0 Å². The van der Waals surface area contributed by atoms with Crippen LogP contribution in [0.4, 0.5) is 4.79 Å². The van der Waals surface area contributed by atoms with Crippen molar-refractivity contribution >= 4 is 24.6 Å². The number of hydrazone groups is 1. The van der Waals surface area contributed by atoms with E-state index in [4.69, 9.17) is 5.11 Å². The predicted molar refractivity (Wildman–Crippen MR) is 55.2 cm³/mol. The van der Waals surface area contributed by atoms with Crippen LogP contribution in [0.3, 0.4) is 0 Å². The lowest BCUT2D eigenvalue weighted by atomic mass is 9.56. The maximum Gasteiger partial charge on any atom is 0.415 e. The summed E-state index contributed by atoms with van der Waals surface area (Å²) in [5.74, 6) is 0. The first kappa shape index (κ1) is 8.81. The zero-order chi connectivity index (χ0) is 10.1. The van der Waals surface area contributed by atoms with Gasteiger partial charge in [0.1, 0.15) is 0 Å². The summed E-state index contributed by atoms with van der Waals surface area (Å²) in [5.41, 5.74) is 1.97. The van der Waals surface area contributed by atoms with E-state index in [0.29, 0.717) is 0 Å². The second kappa shape index (κ2) is 3.18. The molecule has 0 saturated heterocycles. The fourth-order valence-corrected chi connectivity index (χ4v) is 1.58. The van der Waals surface area contributed by atoms with Crippen molar-refractivity contribution in [3.05, 3.63) is 29.8 Å². The SMILES string of the molecule is CB1c2ccccc2C=NN1C(=O)O. The smallest absolute Gasteiger partial charge is 0.415 e. The highest BCUT2D eigenvalue weighted by molar-refractivity contribution is 6.72. The Kier molecular flexibility index (Phi) is 2.00. The first-order valence-corrected chi connectivity index (χ1v) is 4.35. The maximum atomic E-state index is 10.8. The Hall–Kier alpha value is -1.78. The number of amides is 1. The van der Waals surface area contributed by atoms with Gasteiger partial charge < -0.3 is 5.11 Å². The molecule has 0 spiro atoms. The number of carboxylic acid groups (broad SMARTS) is 1. The van der Waals surface area contributed by atoms with E-state index < -0.39 is 6.09 Å². The lowest BCUT2D eigenvalue weighted by Crippen LogP contribution is -2.49. The van der Waals surface area contributed by atoms with Crippen LogP contribution in [0.1, 0.15) is 5.56 Å². The van der Waals surface area contributed by atoms with Gasteiger partial charge in [-0.2, -0.15) is 5.10 Å². The molecule has 1 aliphatic heterocycles. The number of carbonyl (C=O) groups is 1. The summed E-state index contributed by atoms with van der Waals surface area (Å²) in [7, 11) is 0. The van der Waals surface area contributed by atoms with Crippen molar-refractivity contribution in [3.8, 4) is 0 Å². The molecule has 14 heavy (non-hydrogen) atoms.